The molecule has 0 N–H and O–H groups in total. The summed E-state index contributed by atoms with van der Waals surface area (Å²) in [6.07, 6.45) is 0. The molecule has 0 aromatic heterocycles. The minimum atomic E-state index is -0.501. The molecule has 0 saturated heterocycles. The van der Waals surface area contributed by atoms with Crippen LogP contribution in [0, 0.1) is 6.92 Å². The van der Waals surface area contributed by atoms with Gasteiger partial charge in [-0.05, 0) is 25.5 Å². The van der Waals surface area contributed by atoms with E-state index in [0.29, 0.717) is 10.6 Å². The van der Waals surface area contributed by atoms with Gasteiger partial charge in [0.1, 0.15) is 0 Å². The molecule has 0 aliphatic rings. The molecule has 0 amide bonds. The van der Waals surface area contributed by atoms with Gasteiger partial charge in [-0.1, -0.05) is 23.7 Å². The van der Waals surface area contributed by atoms with Gasteiger partial charge in [0.25, 0.3) is 0 Å². The average Bonchev–Trinajstić information content (AvgIpc) is 2.08. The Labute approximate surface area is 87.7 Å². The smallest absolute Gasteiger partial charge is 0.180 e. The van der Waals surface area contributed by atoms with Crippen LogP contribution in [0.2, 0.25) is 5.02 Å². The first-order valence-corrected chi connectivity index (χ1v) is 4.78. The molecule has 1 atom stereocenters. The summed E-state index contributed by atoms with van der Waals surface area (Å²) in [5.41, 5.74) is 1.53. The number of hydrogen-bond donors (Lipinski definition) is 0. The van der Waals surface area contributed by atoms with E-state index in [9.17, 15) is 4.79 Å². The lowest BCUT2D eigenvalue weighted by Gasteiger charge is -2.04. The minimum Gasteiger partial charge on any atom is -0.293 e. The quantitative estimate of drug-likeness (QED) is 0.547. The standard InChI is InChI=1S/C10H10Cl2O/c1-6-3-4-8(5-9(6)12)10(13)7(2)11/h3-5,7H,1-2H3. The maximum absolute atomic E-state index is 11.4. The van der Waals surface area contributed by atoms with Crippen LogP contribution in [0.5, 0.6) is 0 Å². The van der Waals surface area contributed by atoms with E-state index >= 15 is 0 Å². The van der Waals surface area contributed by atoms with Crippen molar-refractivity contribution in [3.8, 4) is 0 Å². The molecule has 0 fully saturated rings. The first-order valence-electron chi connectivity index (χ1n) is 3.97. The minimum absolute atomic E-state index is 0.0939. The van der Waals surface area contributed by atoms with Crippen LogP contribution in [0.15, 0.2) is 18.2 Å². The summed E-state index contributed by atoms with van der Waals surface area (Å²) in [7, 11) is 0. The Hall–Kier alpha value is -0.530. The lowest BCUT2D eigenvalue weighted by molar-refractivity contribution is 0.0992. The largest absolute Gasteiger partial charge is 0.293 e. The number of benzene rings is 1. The second kappa shape index (κ2) is 4.12. The Kier molecular flexibility index (Phi) is 3.34. The Morgan fingerprint density at radius 1 is 1.46 bits per heavy atom. The molecule has 0 radical (unpaired) electrons. The van der Waals surface area contributed by atoms with Gasteiger partial charge in [-0.3, -0.25) is 4.79 Å². The summed E-state index contributed by atoms with van der Waals surface area (Å²) < 4.78 is 0. The molecule has 0 aliphatic heterocycles. The normalized spacial score (nSPS) is 12.6. The van der Waals surface area contributed by atoms with Gasteiger partial charge in [-0.15, -0.1) is 11.6 Å². The molecule has 1 aromatic rings. The number of Topliss-reactive ketones (excluding diaryl/α,β-unsaturated/α-hetero) is 1. The highest BCUT2D eigenvalue weighted by atomic mass is 35.5. The van der Waals surface area contributed by atoms with Gasteiger partial charge >= 0.3 is 0 Å². The van der Waals surface area contributed by atoms with Crippen LogP contribution < -0.4 is 0 Å². The second-order valence-corrected chi connectivity index (χ2v) is 4.01. The van der Waals surface area contributed by atoms with E-state index < -0.39 is 5.38 Å². The fraction of sp³-hybridized carbons (Fsp3) is 0.300. The van der Waals surface area contributed by atoms with Crippen molar-refractivity contribution < 1.29 is 4.79 Å². The SMILES string of the molecule is Cc1ccc(C(=O)C(C)Cl)cc1Cl. The van der Waals surface area contributed by atoms with E-state index in [2.05, 4.69) is 0 Å². The van der Waals surface area contributed by atoms with Gasteiger partial charge in [0.2, 0.25) is 0 Å². The summed E-state index contributed by atoms with van der Waals surface area (Å²) in [6, 6.07) is 5.20. The molecule has 1 unspecified atom stereocenters. The third-order valence-corrected chi connectivity index (χ3v) is 2.42. The zero-order valence-corrected chi connectivity index (χ0v) is 8.99. The fourth-order valence-corrected chi connectivity index (χ4v) is 1.28. The molecule has 0 spiro atoms. The molecule has 3 heteroatoms. The van der Waals surface area contributed by atoms with Crippen molar-refractivity contribution >= 4 is 29.0 Å². The Morgan fingerprint density at radius 3 is 2.54 bits per heavy atom. The van der Waals surface area contributed by atoms with E-state index in [4.69, 9.17) is 23.2 Å². The fourth-order valence-electron chi connectivity index (χ4n) is 0.976. The third kappa shape index (κ3) is 2.45. The van der Waals surface area contributed by atoms with Crippen molar-refractivity contribution in [2.75, 3.05) is 0 Å². The molecule has 0 saturated carbocycles. The predicted molar refractivity (Wildman–Crippen MR) is 55.8 cm³/mol. The topological polar surface area (TPSA) is 17.1 Å². The highest BCUT2D eigenvalue weighted by Crippen LogP contribution is 2.18. The summed E-state index contributed by atoms with van der Waals surface area (Å²) in [6.45, 7) is 3.54. The predicted octanol–water partition coefficient (Wildman–Crippen LogP) is 3.46. The van der Waals surface area contributed by atoms with Crippen LogP contribution in [0.25, 0.3) is 0 Å². The van der Waals surface area contributed by atoms with Gasteiger partial charge in [0.15, 0.2) is 5.78 Å². The molecule has 1 nitrogen and oxygen atoms in total. The zero-order chi connectivity index (χ0) is 10.0. The number of hydrogen-bond acceptors (Lipinski definition) is 1. The van der Waals surface area contributed by atoms with Gasteiger partial charge < -0.3 is 0 Å². The van der Waals surface area contributed by atoms with Gasteiger partial charge in [-0.2, -0.15) is 0 Å². The first kappa shape index (κ1) is 10.6. The van der Waals surface area contributed by atoms with Crippen LogP contribution in [0.1, 0.15) is 22.8 Å². The maximum Gasteiger partial charge on any atom is 0.180 e. The first-order chi connectivity index (χ1) is 6.02. The van der Waals surface area contributed by atoms with E-state index in [1.165, 1.54) is 0 Å². The van der Waals surface area contributed by atoms with E-state index in [1.807, 2.05) is 13.0 Å². The van der Waals surface area contributed by atoms with Crippen molar-refractivity contribution in [2.24, 2.45) is 0 Å². The van der Waals surface area contributed by atoms with Gasteiger partial charge in [-0.25, -0.2) is 0 Å². The van der Waals surface area contributed by atoms with Gasteiger partial charge in [0, 0.05) is 10.6 Å². The molecule has 0 bridgehead atoms. The van der Waals surface area contributed by atoms with E-state index in [1.54, 1.807) is 19.1 Å². The molecule has 70 valence electrons. The highest BCUT2D eigenvalue weighted by molar-refractivity contribution is 6.35. The van der Waals surface area contributed by atoms with Crippen molar-refractivity contribution in [3.63, 3.8) is 0 Å². The van der Waals surface area contributed by atoms with Crippen LogP contribution >= 0.6 is 23.2 Å². The number of carbonyl (C=O) groups excluding carboxylic acids is 1. The van der Waals surface area contributed by atoms with Crippen LogP contribution in [0.4, 0.5) is 0 Å². The molecule has 0 heterocycles. The number of halogens is 2. The molecule has 0 aliphatic carbocycles. The number of ketones is 1. The molecule has 1 rings (SSSR count). The number of alkyl halides is 1. The lowest BCUT2D eigenvalue weighted by atomic mass is 10.1. The van der Waals surface area contributed by atoms with E-state index in [0.717, 1.165) is 5.56 Å². The lowest BCUT2D eigenvalue weighted by Crippen LogP contribution is -2.10. The third-order valence-electron chi connectivity index (χ3n) is 1.82. The molecule has 13 heavy (non-hydrogen) atoms. The van der Waals surface area contributed by atoms with Crippen LogP contribution in [0.3, 0.4) is 0 Å². The monoisotopic (exact) mass is 216 g/mol. The van der Waals surface area contributed by atoms with Crippen LogP contribution in [-0.4, -0.2) is 11.2 Å². The van der Waals surface area contributed by atoms with Crippen molar-refractivity contribution in [1.29, 1.82) is 0 Å². The number of carbonyl (C=O) groups is 1. The molecular weight excluding hydrogens is 207 g/mol. The molecule has 1 aromatic carbocycles. The van der Waals surface area contributed by atoms with Gasteiger partial charge in [0.05, 0.1) is 5.38 Å². The summed E-state index contributed by atoms with van der Waals surface area (Å²) in [5.74, 6) is -0.0939. The highest BCUT2D eigenvalue weighted by Gasteiger charge is 2.12. The summed E-state index contributed by atoms with van der Waals surface area (Å²) in [4.78, 5) is 11.4. The van der Waals surface area contributed by atoms with Crippen LogP contribution in [-0.2, 0) is 0 Å². The Morgan fingerprint density at radius 2 is 2.08 bits per heavy atom. The summed E-state index contributed by atoms with van der Waals surface area (Å²) >= 11 is 11.5. The molecular formula is C10H10Cl2O. The summed E-state index contributed by atoms with van der Waals surface area (Å²) in [5, 5.41) is 0.0990. The number of rotatable bonds is 2. The maximum atomic E-state index is 11.4. The number of aryl methyl sites for hydroxylation is 1. The van der Waals surface area contributed by atoms with E-state index in [-0.39, 0.29) is 5.78 Å². The Bertz CT molecular complexity index is 332. The zero-order valence-electron chi connectivity index (χ0n) is 7.47. The average molecular weight is 217 g/mol. The van der Waals surface area contributed by atoms with Crippen molar-refractivity contribution in [1.82, 2.24) is 0 Å². The van der Waals surface area contributed by atoms with Crippen molar-refractivity contribution in [3.05, 3.63) is 34.3 Å². The van der Waals surface area contributed by atoms with Crippen molar-refractivity contribution in [2.45, 2.75) is 19.2 Å². The second-order valence-electron chi connectivity index (χ2n) is 2.94. The Balaban J connectivity index is 3.04.